The first-order chi connectivity index (χ1) is 9.36. The summed E-state index contributed by atoms with van der Waals surface area (Å²) in [6.45, 7) is -0.818. The number of benzene rings is 1. The van der Waals surface area contributed by atoms with Crippen LogP contribution in [0.3, 0.4) is 0 Å². The van der Waals surface area contributed by atoms with Gasteiger partial charge in [-0.25, -0.2) is 9.59 Å². The molecule has 0 amide bonds. The average molecular weight is 288 g/mol. The summed E-state index contributed by atoms with van der Waals surface area (Å²) in [6, 6.07) is 4.64. The Labute approximate surface area is 109 Å². The van der Waals surface area contributed by atoms with Crippen LogP contribution in [-0.4, -0.2) is 34.9 Å². The van der Waals surface area contributed by atoms with E-state index in [4.69, 9.17) is 4.74 Å². The molecule has 0 atom stereocenters. The van der Waals surface area contributed by atoms with Crippen molar-refractivity contribution in [2.24, 2.45) is 0 Å². The molecule has 0 saturated heterocycles. The highest BCUT2D eigenvalue weighted by Gasteiger charge is 2.42. The lowest BCUT2D eigenvalue weighted by Crippen LogP contribution is -2.30. The van der Waals surface area contributed by atoms with Crippen molar-refractivity contribution in [1.82, 2.24) is 10.2 Å². The number of esters is 2. The molecule has 2 rings (SSSR count). The number of hydrogen-bond donors (Lipinski definition) is 1. The summed E-state index contributed by atoms with van der Waals surface area (Å²) in [5.74, 6) is -3.79. The maximum absolute atomic E-state index is 11.8. The van der Waals surface area contributed by atoms with Crippen LogP contribution in [-0.2, 0) is 14.3 Å². The van der Waals surface area contributed by atoms with Gasteiger partial charge in [-0.3, -0.25) is 5.10 Å². The van der Waals surface area contributed by atoms with Crippen molar-refractivity contribution >= 4 is 22.8 Å². The van der Waals surface area contributed by atoms with Crippen molar-refractivity contribution in [3.05, 3.63) is 24.4 Å². The van der Waals surface area contributed by atoms with E-state index in [1.54, 1.807) is 12.3 Å². The molecule has 2 aromatic rings. The summed E-state index contributed by atoms with van der Waals surface area (Å²) in [4.78, 5) is 21.4. The third kappa shape index (κ3) is 3.25. The van der Waals surface area contributed by atoms with Crippen molar-refractivity contribution in [1.29, 1.82) is 0 Å². The van der Waals surface area contributed by atoms with Gasteiger partial charge < -0.3 is 9.47 Å². The van der Waals surface area contributed by atoms with Crippen molar-refractivity contribution in [3.8, 4) is 5.75 Å². The number of nitrogens with zero attached hydrogens (tertiary/aromatic N) is 1. The van der Waals surface area contributed by atoms with E-state index in [2.05, 4.69) is 14.9 Å². The summed E-state index contributed by atoms with van der Waals surface area (Å²) in [6.07, 6.45) is -3.65. The zero-order valence-corrected chi connectivity index (χ0v) is 9.73. The van der Waals surface area contributed by atoms with Gasteiger partial charge in [0.25, 0.3) is 0 Å². The molecule has 0 aliphatic rings. The van der Waals surface area contributed by atoms with Crippen LogP contribution in [0.15, 0.2) is 24.4 Å². The second kappa shape index (κ2) is 5.19. The fraction of sp³-hybridized carbons (Fsp3) is 0.182. The molecule has 20 heavy (non-hydrogen) atoms. The molecular weight excluding hydrogens is 281 g/mol. The third-order valence-corrected chi connectivity index (χ3v) is 2.21. The molecule has 106 valence electrons. The molecular formula is C11H7F3N2O4. The van der Waals surface area contributed by atoms with Gasteiger partial charge in [0, 0.05) is 11.5 Å². The Morgan fingerprint density at radius 3 is 2.75 bits per heavy atom. The Morgan fingerprint density at radius 1 is 1.30 bits per heavy atom. The summed E-state index contributed by atoms with van der Waals surface area (Å²) in [7, 11) is 0. The molecule has 0 aliphatic heterocycles. The number of fused-ring (bicyclic) bond motifs is 1. The normalized spacial score (nSPS) is 11.3. The molecule has 1 heterocycles. The minimum Gasteiger partial charge on any atom is -0.482 e. The van der Waals surface area contributed by atoms with Gasteiger partial charge in [0.1, 0.15) is 5.75 Å². The van der Waals surface area contributed by atoms with E-state index in [0.29, 0.717) is 5.52 Å². The van der Waals surface area contributed by atoms with Crippen molar-refractivity contribution < 1.29 is 32.2 Å². The fourth-order valence-corrected chi connectivity index (χ4v) is 1.34. The van der Waals surface area contributed by atoms with Gasteiger partial charge in [-0.2, -0.15) is 18.3 Å². The van der Waals surface area contributed by atoms with Gasteiger partial charge in [0.15, 0.2) is 6.61 Å². The Balaban J connectivity index is 1.91. The first-order valence-corrected chi connectivity index (χ1v) is 5.24. The van der Waals surface area contributed by atoms with Crippen LogP contribution in [0.5, 0.6) is 5.75 Å². The summed E-state index contributed by atoms with van der Waals surface area (Å²) in [5.41, 5.74) is 0.627. The predicted molar refractivity (Wildman–Crippen MR) is 58.7 cm³/mol. The first kappa shape index (κ1) is 13.8. The topological polar surface area (TPSA) is 81.3 Å². The van der Waals surface area contributed by atoms with Crippen molar-refractivity contribution in [3.63, 3.8) is 0 Å². The Bertz CT molecular complexity index is 650. The molecule has 0 spiro atoms. The number of aromatic nitrogens is 2. The lowest BCUT2D eigenvalue weighted by Gasteiger charge is -2.07. The molecule has 1 aromatic heterocycles. The number of carbonyl (C=O) groups is 2. The highest BCUT2D eigenvalue weighted by atomic mass is 19.4. The van der Waals surface area contributed by atoms with E-state index in [1.807, 2.05) is 0 Å². The molecule has 9 heteroatoms. The van der Waals surface area contributed by atoms with Gasteiger partial charge in [0.2, 0.25) is 0 Å². The van der Waals surface area contributed by atoms with Crippen LogP contribution in [0.1, 0.15) is 0 Å². The fourth-order valence-electron chi connectivity index (χ4n) is 1.34. The number of aromatic amines is 1. The predicted octanol–water partition coefficient (Wildman–Crippen LogP) is 1.57. The van der Waals surface area contributed by atoms with Gasteiger partial charge in [-0.05, 0) is 12.1 Å². The van der Waals surface area contributed by atoms with Gasteiger partial charge >= 0.3 is 18.1 Å². The number of alkyl halides is 3. The van der Waals surface area contributed by atoms with Gasteiger partial charge in [0.05, 0.1) is 11.7 Å². The van der Waals surface area contributed by atoms with Gasteiger partial charge in [-0.1, -0.05) is 0 Å². The van der Waals surface area contributed by atoms with Crippen molar-refractivity contribution in [2.45, 2.75) is 6.18 Å². The zero-order valence-electron chi connectivity index (χ0n) is 9.73. The smallest absolute Gasteiger partial charge is 0.482 e. The van der Waals surface area contributed by atoms with E-state index < -0.39 is 24.7 Å². The molecule has 0 fully saturated rings. The summed E-state index contributed by atoms with van der Waals surface area (Å²) in [5, 5.41) is 7.21. The lowest BCUT2D eigenvalue weighted by molar-refractivity contribution is -0.202. The van der Waals surface area contributed by atoms with Gasteiger partial charge in [-0.15, -0.1) is 0 Å². The van der Waals surface area contributed by atoms with E-state index in [0.717, 1.165) is 5.39 Å². The zero-order chi connectivity index (χ0) is 14.8. The Kier molecular flexibility index (Phi) is 3.59. The highest BCUT2D eigenvalue weighted by molar-refractivity contribution is 5.89. The van der Waals surface area contributed by atoms with E-state index in [-0.39, 0.29) is 5.75 Å². The van der Waals surface area contributed by atoms with E-state index in [1.165, 1.54) is 12.1 Å². The Morgan fingerprint density at radius 2 is 2.05 bits per heavy atom. The number of ether oxygens (including phenoxy) is 2. The largest absolute Gasteiger partial charge is 0.491 e. The minimum absolute atomic E-state index is 0.221. The third-order valence-electron chi connectivity index (χ3n) is 2.21. The van der Waals surface area contributed by atoms with E-state index in [9.17, 15) is 22.8 Å². The molecule has 0 aliphatic carbocycles. The molecule has 0 unspecified atom stereocenters. The number of carbonyl (C=O) groups excluding carboxylic acids is 2. The average Bonchev–Trinajstić information content (AvgIpc) is 2.82. The number of rotatable bonds is 3. The van der Waals surface area contributed by atoms with Crippen LogP contribution in [0.4, 0.5) is 13.2 Å². The summed E-state index contributed by atoms with van der Waals surface area (Å²) < 4.78 is 44.0. The molecule has 1 N–H and O–H groups in total. The summed E-state index contributed by atoms with van der Waals surface area (Å²) >= 11 is 0. The number of H-pyrrole nitrogens is 1. The SMILES string of the molecule is O=C(COc1ccc2cn[nH]c2c1)OC(=O)C(F)(F)F. The van der Waals surface area contributed by atoms with Crippen LogP contribution in [0, 0.1) is 0 Å². The molecule has 0 saturated carbocycles. The number of halogens is 3. The van der Waals surface area contributed by atoms with Crippen LogP contribution in [0.2, 0.25) is 0 Å². The maximum atomic E-state index is 11.8. The molecule has 0 bridgehead atoms. The van der Waals surface area contributed by atoms with E-state index >= 15 is 0 Å². The van der Waals surface area contributed by atoms with Crippen LogP contribution < -0.4 is 4.74 Å². The quantitative estimate of drug-likeness (QED) is 0.685. The Hall–Kier alpha value is -2.58. The minimum atomic E-state index is -5.22. The van der Waals surface area contributed by atoms with Crippen molar-refractivity contribution in [2.75, 3.05) is 6.61 Å². The first-order valence-electron chi connectivity index (χ1n) is 5.24. The standard InChI is InChI=1S/C11H7F3N2O4/c12-11(13,14)10(18)20-9(17)5-19-7-2-1-6-4-15-16-8(6)3-7/h1-4H,5H2,(H,15,16). The maximum Gasteiger partial charge on any atom is 0.491 e. The second-order valence-electron chi connectivity index (χ2n) is 3.67. The molecule has 1 aromatic carbocycles. The van der Waals surface area contributed by atoms with Crippen LogP contribution in [0.25, 0.3) is 10.9 Å². The molecule has 6 nitrogen and oxygen atoms in total. The highest BCUT2D eigenvalue weighted by Crippen LogP contribution is 2.19. The number of nitrogens with one attached hydrogen (secondary N) is 1. The molecule has 0 radical (unpaired) electrons. The lowest BCUT2D eigenvalue weighted by atomic mass is 10.2. The van der Waals surface area contributed by atoms with Crippen LogP contribution >= 0.6 is 0 Å². The second-order valence-corrected chi connectivity index (χ2v) is 3.67. The monoisotopic (exact) mass is 288 g/mol. The number of hydrogen-bond acceptors (Lipinski definition) is 5.